The maximum atomic E-state index is 6.43. The first kappa shape index (κ1) is 16.5. The SMILES string of the molecule is Cc1cc(C)n(CC2CCCCN2Cc2c(C)nn(C)c2Cl)n1. The third-order valence-electron chi connectivity index (χ3n) is 4.87. The Hall–Kier alpha value is -1.33. The van der Waals surface area contributed by atoms with Gasteiger partial charge in [0.25, 0.3) is 0 Å². The van der Waals surface area contributed by atoms with E-state index in [1.165, 1.54) is 25.0 Å². The summed E-state index contributed by atoms with van der Waals surface area (Å²) in [4.78, 5) is 2.55. The molecular weight excluding hydrogens is 310 g/mol. The average Bonchev–Trinajstić information content (AvgIpc) is 2.94. The normalized spacial score (nSPS) is 19.4. The van der Waals surface area contributed by atoms with E-state index in [0.29, 0.717) is 6.04 Å². The van der Waals surface area contributed by atoms with Gasteiger partial charge in [0, 0.05) is 30.9 Å². The molecule has 5 nitrogen and oxygen atoms in total. The van der Waals surface area contributed by atoms with Gasteiger partial charge in [0.2, 0.25) is 0 Å². The topological polar surface area (TPSA) is 38.9 Å². The Labute approximate surface area is 143 Å². The summed E-state index contributed by atoms with van der Waals surface area (Å²) >= 11 is 6.43. The van der Waals surface area contributed by atoms with Gasteiger partial charge in [-0.3, -0.25) is 14.3 Å². The van der Waals surface area contributed by atoms with Crippen molar-refractivity contribution in [2.45, 2.75) is 59.2 Å². The highest BCUT2D eigenvalue weighted by Gasteiger charge is 2.26. The number of aryl methyl sites for hydroxylation is 4. The Balaban J connectivity index is 1.77. The Morgan fingerprint density at radius 1 is 1.22 bits per heavy atom. The summed E-state index contributed by atoms with van der Waals surface area (Å²) in [5.74, 6) is 0. The van der Waals surface area contributed by atoms with Gasteiger partial charge in [-0.05, 0) is 46.2 Å². The van der Waals surface area contributed by atoms with Crippen LogP contribution in [0.4, 0.5) is 0 Å². The molecule has 0 bridgehead atoms. The predicted molar refractivity (Wildman–Crippen MR) is 92.7 cm³/mol. The maximum absolute atomic E-state index is 6.43. The van der Waals surface area contributed by atoms with Crippen LogP contribution in [0, 0.1) is 20.8 Å². The number of piperidine rings is 1. The van der Waals surface area contributed by atoms with Crippen LogP contribution >= 0.6 is 11.6 Å². The van der Waals surface area contributed by atoms with Crippen molar-refractivity contribution in [1.29, 1.82) is 0 Å². The minimum Gasteiger partial charge on any atom is -0.294 e. The van der Waals surface area contributed by atoms with Crippen molar-refractivity contribution in [2.75, 3.05) is 6.54 Å². The van der Waals surface area contributed by atoms with Gasteiger partial charge in [-0.15, -0.1) is 0 Å². The van der Waals surface area contributed by atoms with E-state index in [0.717, 1.165) is 41.7 Å². The van der Waals surface area contributed by atoms with E-state index < -0.39 is 0 Å². The molecule has 0 N–H and O–H groups in total. The molecule has 1 saturated heterocycles. The van der Waals surface area contributed by atoms with E-state index in [-0.39, 0.29) is 0 Å². The zero-order valence-electron chi connectivity index (χ0n) is 14.5. The van der Waals surface area contributed by atoms with E-state index in [1.54, 1.807) is 4.68 Å². The summed E-state index contributed by atoms with van der Waals surface area (Å²) in [5.41, 5.74) is 4.53. The van der Waals surface area contributed by atoms with Crippen LogP contribution in [0.1, 0.15) is 41.9 Å². The molecule has 0 saturated carbocycles. The largest absolute Gasteiger partial charge is 0.294 e. The number of hydrogen-bond donors (Lipinski definition) is 0. The van der Waals surface area contributed by atoms with Crippen LogP contribution in [0.3, 0.4) is 0 Å². The molecule has 3 heterocycles. The van der Waals surface area contributed by atoms with E-state index in [4.69, 9.17) is 11.6 Å². The Kier molecular flexibility index (Phi) is 4.78. The second-order valence-corrected chi connectivity index (χ2v) is 7.07. The number of aromatic nitrogens is 4. The molecule has 3 rings (SSSR count). The second kappa shape index (κ2) is 6.65. The summed E-state index contributed by atoms with van der Waals surface area (Å²) in [7, 11) is 1.91. The van der Waals surface area contributed by atoms with E-state index in [9.17, 15) is 0 Å². The van der Waals surface area contributed by atoms with Crippen LogP contribution in [0.5, 0.6) is 0 Å². The average molecular weight is 336 g/mol. The standard InChI is InChI=1S/C17H26ClN5/c1-12-9-13(2)23(19-12)10-15-7-5-6-8-22(15)11-16-14(3)20-21(4)17(16)18/h9,15H,5-8,10-11H2,1-4H3. The lowest BCUT2D eigenvalue weighted by molar-refractivity contribution is 0.121. The Morgan fingerprint density at radius 3 is 2.61 bits per heavy atom. The number of hydrogen-bond acceptors (Lipinski definition) is 3. The van der Waals surface area contributed by atoms with Gasteiger partial charge in [0.15, 0.2) is 0 Å². The van der Waals surface area contributed by atoms with Crippen LogP contribution < -0.4 is 0 Å². The minimum atomic E-state index is 0.512. The molecule has 1 atom stereocenters. The third-order valence-corrected chi connectivity index (χ3v) is 5.34. The fourth-order valence-electron chi connectivity index (χ4n) is 3.59. The van der Waals surface area contributed by atoms with Crippen LogP contribution in [0.15, 0.2) is 6.07 Å². The number of halogens is 1. The molecule has 0 aliphatic carbocycles. The van der Waals surface area contributed by atoms with Crippen molar-refractivity contribution in [3.8, 4) is 0 Å². The van der Waals surface area contributed by atoms with Crippen molar-refractivity contribution in [2.24, 2.45) is 7.05 Å². The minimum absolute atomic E-state index is 0.512. The van der Waals surface area contributed by atoms with Crippen molar-refractivity contribution in [1.82, 2.24) is 24.5 Å². The Morgan fingerprint density at radius 2 is 2.00 bits per heavy atom. The molecule has 0 radical (unpaired) electrons. The smallest absolute Gasteiger partial charge is 0.131 e. The molecule has 0 spiro atoms. The van der Waals surface area contributed by atoms with Crippen molar-refractivity contribution in [3.63, 3.8) is 0 Å². The summed E-state index contributed by atoms with van der Waals surface area (Å²) in [6.07, 6.45) is 3.76. The lowest BCUT2D eigenvalue weighted by Crippen LogP contribution is -2.42. The van der Waals surface area contributed by atoms with Crippen molar-refractivity contribution < 1.29 is 0 Å². The molecule has 1 unspecified atom stereocenters. The van der Waals surface area contributed by atoms with Gasteiger partial charge in [-0.25, -0.2) is 0 Å². The molecule has 2 aromatic rings. The first-order chi connectivity index (χ1) is 11.0. The molecule has 2 aromatic heterocycles. The third kappa shape index (κ3) is 3.45. The number of rotatable bonds is 4. The molecule has 6 heteroatoms. The quantitative estimate of drug-likeness (QED) is 0.861. The zero-order chi connectivity index (χ0) is 16.6. The van der Waals surface area contributed by atoms with Gasteiger partial charge in [-0.2, -0.15) is 10.2 Å². The monoisotopic (exact) mass is 335 g/mol. The molecule has 0 aromatic carbocycles. The van der Waals surface area contributed by atoms with E-state index >= 15 is 0 Å². The molecular formula is C17H26ClN5. The summed E-state index contributed by atoms with van der Waals surface area (Å²) in [6.45, 7) is 9.19. The van der Waals surface area contributed by atoms with Gasteiger partial charge in [0.05, 0.1) is 17.9 Å². The first-order valence-corrected chi connectivity index (χ1v) is 8.76. The molecule has 1 aliphatic rings. The number of likely N-dealkylation sites (tertiary alicyclic amines) is 1. The summed E-state index contributed by atoms with van der Waals surface area (Å²) in [5, 5.41) is 9.84. The van der Waals surface area contributed by atoms with Gasteiger partial charge < -0.3 is 0 Å². The van der Waals surface area contributed by atoms with Crippen LogP contribution in [0.2, 0.25) is 5.15 Å². The predicted octanol–water partition coefficient (Wildman–Crippen LogP) is 3.25. The summed E-state index contributed by atoms with van der Waals surface area (Å²) < 4.78 is 3.92. The molecule has 1 aliphatic heterocycles. The summed E-state index contributed by atoms with van der Waals surface area (Å²) in [6, 6.07) is 2.66. The van der Waals surface area contributed by atoms with Crippen molar-refractivity contribution >= 4 is 11.6 Å². The molecule has 1 fully saturated rings. The van der Waals surface area contributed by atoms with Crippen LogP contribution in [-0.2, 0) is 20.1 Å². The van der Waals surface area contributed by atoms with Gasteiger partial charge >= 0.3 is 0 Å². The second-order valence-electron chi connectivity index (χ2n) is 6.71. The van der Waals surface area contributed by atoms with Gasteiger partial charge in [-0.1, -0.05) is 18.0 Å². The van der Waals surface area contributed by atoms with Crippen LogP contribution in [0.25, 0.3) is 0 Å². The Bertz CT molecular complexity index is 687. The lowest BCUT2D eigenvalue weighted by Gasteiger charge is -2.35. The zero-order valence-corrected chi connectivity index (χ0v) is 15.3. The molecule has 0 amide bonds. The van der Waals surface area contributed by atoms with Crippen LogP contribution in [-0.4, -0.2) is 37.0 Å². The van der Waals surface area contributed by atoms with E-state index in [1.807, 2.05) is 14.0 Å². The fourth-order valence-corrected chi connectivity index (χ4v) is 3.83. The van der Waals surface area contributed by atoms with E-state index in [2.05, 4.69) is 39.7 Å². The molecule has 23 heavy (non-hydrogen) atoms. The number of nitrogens with zero attached hydrogens (tertiary/aromatic N) is 5. The van der Waals surface area contributed by atoms with Crippen molar-refractivity contribution in [3.05, 3.63) is 33.9 Å². The highest BCUT2D eigenvalue weighted by molar-refractivity contribution is 6.30. The first-order valence-electron chi connectivity index (χ1n) is 8.38. The van der Waals surface area contributed by atoms with Gasteiger partial charge in [0.1, 0.15) is 5.15 Å². The lowest BCUT2D eigenvalue weighted by atomic mass is 10.0. The fraction of sp³-hybridized carbons (Fsp3) is 0.647. The highest BCUT2D eigenvalue weighted by Crippen LogP contribution is 2.26. The maximum Gasteiger partial charge on any atom is 0.131 e. The molecule has 126 valence electrons. The highest BCUT2D eigenvalue weighted by atomic mass is 35.5.